The predicted octanol–water partition coefficient (Wildman–Crippen LogP) is 4.31. The Labute approximate surface area is 128 Å². The zero-order chi connectivity index (χ0) is 15.0. The second-order valence-electron chi connectivity index (χ2n) is 6.25. The van der Waals surface area contributed by atoms with Crippen LogP contribution in [0.4, 0.5) is 0 Å². The van der Waals surface area contributed by atoms with E-state index in [1.165, 1.54) is 5.56 Å². The summed E-state index contributed by atoms with van der Waals surface area (Å²) in [4.78, 5) is 0. The SMILES string of the molecule is CCNCC(CCOC(C)(C)C)Cc1ccc(Cl)cc1. The number of hydrogen-bond donors (Lipinski definition) is 1. The average molecular weight is 298 g/mol. The summed E-state index contributed by atoms with van der Waals surface area (Å²) < 4.78 is 5.85. The van der Waals surface area contributed by atoms with Gasteiger partial charge in [-0.05, 0) is 70.3 Å². The van der Waals surface area contributed by atoms with Gasteiger partial charge < -0.3 is 10.1 Å². The molecule has 0 heterocycles. The lowest BCUT2D eigenvalue weighted by Gasteiger charge is -2.23. The molecular weight excluding hydrogens is 270 g/mol. The van der Waals surface area contributed by atoms with Gasteiger partial charge in [0.05, 0.1) is 5.60 Å². The molecule has 1 aromatic carbocycles. The van der Waals surface area contributed by atoms with Gasteiger partial charge in [0.25, 0.3) is 0 Å². The lowest BCUT2D eigenvalue weighted by molar-refractivity contribution is -0.00918. The third-order valence-electron chi connectivity index (χ3n) is 3.18. The highest BCUT2D eigenvalue weighted by Gasteiger charge is 2.13. The van der Waals surface area contributed by atoms with E-state index in [1.807, 2.05) is 12.1 Å². The van der Waals surface area contributed by atoms with E-state index in [9.17, 15) is 0 Å². The Kier molecular flexibility index (Phi) is 7.57. The molecule has 0 aliphatic carbocycles. The third-order valence-corrected chi connectivity index (χ3v) is 3.43. The molecule has 0 saturated heterocycles. The Morgan fingerprint density at radius 3 is 2.40 bits per heavy atom. The fourth-order valence-corrected chi connectivity index (χ4v) is 2.24. The van der Waals surface area contributed by atoms with E-state index in [1.54, 1.807) is 0 Å². The van der Waals surface area contributed by atoms with Crippen LogP contribution in [0.3, 0.4) is 0 Å². The molecule has 0 spiro atoms. The van der Waals surface area contributed by atoms with Gasteiger partial charge in [0.15, 0.2) is 0 Å². The predicted molar refractivity (Wildman–Crippen MR) is 87.5 cm³/mol. The number of benzene rings is 1. The first-order valence-electron chi connectivity index (χ1n) is 7.50. The molecule has 1 rings (SSSR count). The molecule has 1 atom stereocenters. The minimum absolute atomic E-state index is 0.0526. The van der Waals surface area contributed by atoms with E-state index in [-0.39, 0.29) is 5.60 Å². The summed E-state index contributed by atoms with van der Waals surface area (Å²) in [6, 6.07) is 8.16. The van der Waals surface area contributed by atoms with Crippen LogP contribution in [-0.2, 0) is 11.2 Å². The Morgan fingerprint density at radius 2 is 1.85 bits per heavy atom. The van der Waals surface area contributed by atoms with Gasteiger partial charge in [-0.1, -0.05) is 30.7 Å². The smallest absolute Gasteiger partial charge is 0.0598 e. The van der Waals surface area contributed by atoms with E-state index in [2.05, 4.69) is 45.1 Å². The van der Waals surface area contributed by atoms with Crippen molar-refractivity contribution in [1.29, 1.82) is 0 Å². The van der Waals surface area contributed by atoms with Crippen molar-refractivity contribution in [3.05, 3.63) is 34.9 Å². The Balaban J connectivity index is 2.48. The normalized spacial score (nSPS) is 13.4. The average Bonchev–Trinajstić information content (AvgIpc) is 2.37. The van der Waals surface area contributed by atoms with Crippen molar-refractivity contribution in [2.24, 2.45) is 5.92 Å². The van der Waals surface area contributed by atoms with E-state index in [0.29, 0.717) is 5.92 Å². The number of ether oxygens (including phenoxy) is 1. The molecule has 0 aliphatic rings. The summed E-state index contributed by atoms with van der Waals surface area (Å²) in [5.74, 6) is 0.596. The van der Waals surface area contributed by atoms with Gasteiger partial charge in [-0.3, -0.25) is 0 Å². The number of nitrogens with one attached hydrogen (secondary N) is 1. The van der Waals surface area contributed by atoms with Crippen molar-refractivity contribution in [2.75, 3.05) is 19.7 Å². The van der Waals surface area contributed by atoms with Crippen LogP contribution in [0.15, 0.2) is 24.3 Å². The Morgan fingerprint density at radius 1 is 1.20 bits per heavy atom. The zero-order valence-corrected chi connectivity index (χ0v) is 14.0. The van der Waals surface area contributed by atoms with Gasteiger partial charge in [-0.15, -0.1) is 0 Å². The molecule has 2 nitrogen and oxygen atoms in total. The van der Waals surface area contributed by atoms with E-state index in [0.717, 1.165) is 37.6 Å². The van der Waals surface area contributed by atoms with Crippen molar-refractivity contribution in [2.45, 2.75) is 46.1 Å². The lowest BCUT2D eigenvalue weighted by atomic mass is 9.96. The summed E-state index contributed by atoms with van der Waals surface area (Å²) in [5, 5.41) is 4.25. The molecule has 0 saturated carbocycles. The summed E-state index contributed by atoms with van der Waals surface area (Å²) in [7, 11) is 0. The maximum atomic E-state index is 5.93. The fourth-order valence-electron chi connectivity index (χ4n) is 2.11. The highest BCUT2D eigenvalue weighted by molar-refractivity contribution is 6.30. The van der Waals surface area contributed by atoms with Crippen molar-refractivity contribution >= 4 is 11.6 Å². The molecule has 0 bridgehead atoms. The third kappa shape index (κ3) is 7.88. The molecule has 0 fully saturated rings. The number of halogens is 1. The maximum Gasteiger partial charge on any atom is 0.0598 e. The van der Waals surface area contributed by atoms with Crippen molar-refractivity contribution in [3.8, 4) is 0 Å². The largest absolute Gasteiger partial charge is 0.376 e. The van der Waals surface area contributed by atoms with Crippen molar-refractivity contribution in [3.63, 3.8) is 0 Å². The second-order valence-corrected chi connectivity index (χ2v) is 6.69. The molecule has 1 N–H and O–H groups in total. The van der Waals surface area contributed by atoms with Crippen LogP contribution in [0, 0.1) is 5.92 Å². The Bertz CT molecular complexity index is 370. The van der Waals surface area contributed by atoms with Crippen LogP contribution in [0.25, 0.3) is 0 Å². The van der Waals surface area contributed by atoms with Crippen LogP contribution in [-0.4, -0.2) is 25.3 Å². The van der Waals surface area contributed by atoms with Crippen LogP contribution in [0.5, 0.6) is 0 Å². The monoisotopic (exact) mass is 297 g/mol. The van der Waals surface area contributed by atoms with Crippen LogP contribution >= 0.6 is 11.6 Å². The Hall–Kier alpha value is -0.570. The quantitative estimate of drug-likeness (QED) is 0.772. The van der Waals surface area contributed by atoms with Crippen LogP contribution in [0.2, 0.25) is 5.02 Å². The van der Waals surface area contributed by atoms with Gasteiger partial charge in [0, 0.05) is 11.6 Å². The van der Waals surface area contributed by atoms with E-state index < -0.39 is 0 Å². The van der Waals surface area contributed by atoms with Gasteiger partial charge in [-0.25, -0.2) is 0 Å². The van der Waals surface area contributed by atoms with Crippen LogP contribution < -0.4 is 5.32 Å². The zero-order valence-electron chi connectivity index (χ0n) is 13.2. The molecule has 0 amide bonds. The van der Waals surface area contributed by atoms with Crippen LogP contribution in [0.1, 0.15) is 39.7 Å². The molecule has 0 aromatic heterocycles. The highest BCUT2D eigenvalue weighted by atomic mass is 35.5. The molecule has 114 valence electrons. The number of hydrogen-bond acceptors (Lipinski definition) is 2. The van der Waals surface area contributed by atoms with Crippen molar-refractivity contribution in [1.82, 2.24) is 5.32 Å². The molecule has 1 unspecified atom stereocenters. The standard InChI is InChI=1S/C17H28ClNO/c1-5-19-13-15(10-11-20-17(2,3)4)12-14-6-8-16(18)9-7-14/h6-9,15,19H,5,10-13H2,1-4H3. The molecule has 0 radical (unpaired) electrons. The van der Waals surface area contributed by atoms with E-state index >= 15 is 0 Å². The molecule has 20 heavy (non-hydrogen) atoms. The van der Waals surface area contributed by atoms with Gasteiger partial charge in [0.1, 0.15) is 0 Å². The minimum Gasteiger partial charge on any atom is -0.376 e. The lowest BCUT2D eigenvalue weighted by Crippen LogP contribution is -2.27. The summed E-state index contributed by atoms with van der Waals surface area (Å²) in [5.41, 5.74) is 1.29. The first-order valence-corrected chi connectivity index (χ1v) is 7.87. The first kappa shape index (κ1) is 17.5. The molecule has 0 aliphatic heterocycles. The minimum atomic E-state index is -0.0526. The fraction of sp³-hybridized carbons (Fsp3) is 0.647. The second kappa shape index (κ2) is 8.66. The van der Waals surface area contributed by atoms with Gasteiger partial charge in [-0.2, -0.15) is 0 Å². The topological polar surface area (TPSA) is 21.3 Å². The molecule has 3 heteroatoms. The van der Waals surface area contributed by atoms with E-state index in [4.69, 9.17) is 16.3 Å². The van der Waals surface area contributed by atoms with Crippen molar-refractivity contribution < 1.29 is 4.74 Å². The van der Waals surface area contributed by atoms with Gasteiger partial charge >= 0.3 is 0 Å². The summed E-state index contributed by atoms with van der Waals surface area (Å²) in [6.45, 7) is 11.3. The first-order chi connectivity index (χ1) is 9.40. The summed E-state index contributed by atoms with van der Waals surface area (Å²) in [6.07, 6.45) is 2.14. The number of rotatable bonds is 8. The van der Waals surface area contributed by atoms with Gasteiger partial charge in [0.2, 0.25) is 0 Å². The summed E-state index contributed by atoms with van der Waals surface area (Å²) >= 11 is 5.93. The highest BCUT2D eigenvalue weighted by Crippen LogP contribution is 2.17. The molecular formula is C17H28ClNO. The maximum absolute atomic E-state index is 5.93. The molecule has 1 aromatic rings.